The van der Waals surface area contributed by atoms with Crippen LogP contribution < -0.4 is 4.74 Å². The highest BCUT2D eigenvalue weighted by Crippen LogP contribution is 2.30. The van der Waals surface area contributed by atoms with Crippen LogP contribution in [0.3, 0.4) is 0 Å². The van der Waals surface area contributed by atoms with Gasteiger partial charge in [-0.2, -0.15) is 0 Å². The molecule has 3 rings (SSSR count). The molecule has 2 atom stereocenters. The first kappa shape index (κ1) is 16.8. The number of benzene rings is 1. The number of carbonyl (C=O) groups is 1. The molecule has 1 aliphatic heterocycles. The van der Waals surface area contributed by atoms with Crippen molar-refractivity contribution in [2.45, 2.75) is 38.8 Å². The van der Waals surface area contributed by atoms with E-state index in [1.54, 1.807) is 0 Å². The summed E-state index contributed by atoms with van der Waals surface area (Å²) in [5.74, 6) is 1.04. The van der Waals surface area contributed by atoms with Crippen molar-refractivity contribution in [3.05, 3.63) is 30.0 Å². The second kappa shape index (κ2) is 6.85. The molecular formula is C19H27N3O2. The predicted octanol–water partition coefficient (Wildman–Crippen LogP) is 2.66. The average Bonchev–Trinajstić information content (AvgIpc) is 3.12. The molecule has 0 bridgehead atoms. The van der Waals surface area contributed by atoms with E-state index < -0.39 is 0 Å². The first-order valence-corrected chi connectivity index (χ1v) is 8.70. The topological polar surface area (TPSA) is 48.6 Å². The van der Waals surface area contributed by atoms with E-state index in [2.05, 4.69) is 30.9 Å². The number of rotatable bonds is 5. The number of ether oxygens (including phenoxy) is 1. The van der Waals surface area contributed by atoms with E-state index in [4.69, 9.17) is 4.74 Å². The summed E-state index contributed by atoms with van der Waals surface area (Å²) in [5.41, 5.74) is 2.03. The molecule has 1 aromatic carbocycles. The standard InChI is InChI=1S/C19H27N3O2/c1-5-24-17-8-6-7-15-19(17)14(12-20-15)11-18(23)22-10-9-16(13(22)2)21(3)4/h6-8,12-13,16,20H,5,9-11H2,1-4H3. The van der Waals surface area contributed by atoms with Crippen molar-refractivity contribution in [2.75, 3.05) is 27.2 Å². The van der Waals surface area contributed by atoms with E-state index in [1.165, 1.54) is 0 Å². The lowest BCUT2D eigenvalue weighted by molar-refractivity contribution is -0.131. The molecule has 1 saturated heterocycles. The number of hydrogen-bond donors (Lipinski definition) is 1. The van der Waals surface area contributed by atoms with Crippen LogP contribution in [0.25, 0.3) is 10.9 Å². The number of aromatic amines is 1. The Bertz CT molecular complexity index is 722. The zero-order valence-corrected chi connectivity index (χ0v) is 15.0. The molecule has 0 radical (unpaired) electrons. The molecule has 1 aromatic heterocycles. The highest BCUT2D eigenvalue weighted by atomic mass is 16.5. The zero-order valence-electron chi connectivity index (χ0n) is 15.0. The summed E-state index contributed by atoms with van der Waals surface area (Å²) in [5, 5.41) is 1.03. The fraction of sp³-hybridized carbons (Fsp3) is 0.526. The lowest BCUT2D eigenvalue weighted by Gasteiger charge is -2.28. The molecule has 5 heteroatoms. The Hall–Kier alpha value is -2.01. The molecule has 24 heavy (non-hydrogen) atoms. The number of hydrogen-bond acceptors (Lipinski definition) is 3. The van der Waals surface area contributed by atoms with Gasteiger partial charge in [-0.05, 0) is 52.1 Å². The Kier molecular flexibility index (Phi) is 4.81. The number of fused-ring (bicyclic) bond motifs is 1. The van der Waals surface area contributed by atoms with Gasteiger partial charge in [-0.3, -0.25) is 4.79 Å². The highest BCUT2D eigenvalue weighted by molar-refractivity contribution is 5.93. The van der Waals surface area contributed by atoms with Gasteiger partial charge in [-0.1, -0.05) is 6.07 Å². The SMILES string of the molecule is CCOc1cccc2[nH]cc(CC(=O)N3CCC(N(C)C)C3C)c12. The Balaban J connectivity index is 1.81. The quantitative estimate of drug-likeness (QED) is 0.917. The summed E-state index contributed by atoms with van der Waals surface area (Å²) in [6, 6.07) is 6.65. The van der Waals surface area contributed by atoms with E-state index in [9.17, 15) is 4.79 Å². The van der Waals surface area contributed by atoms with Gasteiger partial charge >= 0.3 is 0 Å². The van der Waals surface area contributed by atoms with Crippen LogP contribution in [0.2, 0.25) is 0 Å². The molecule has 1 amide bonds. The molecule has 2 heterocycles. The number of nitrogens with one attached hydrogen (secondary N) is 1. The predicted molar refractivity (Wildman–Crippen MR) is 96.4 cm³/mol. The molecule has 1 N–H and O–H groups in total. The second-order valence-corrected chi connectivity index (χ2v) is 6.75. The van der Waals surface area contributed by atoms with E-state index in [0.29, 0.717) is 19.1 Å². The van der Waals surface area contributed by atoms with Crippen molar-refractivity contribution >= 4 is 16.8 Å². The molecule has 130 valence electrons. The number of amides is 1. The van der Waals surface area contributed by atoms with Gasteiger partial charge in [0.2, 0.25) is 5.91 Å². The number of likely N-dealkylation sites (tertiary alicyclic amines) is 1. The van der Waals surface area contributed by atoms with Gasteiger partial charge in [0.05, 0.1) is 13.0 Å². The maximum absolute atomic E-state index is 12.9. The molecule has 0 saturated carbocycles. The van der Waals surface area contributed by atoms with E-state index in [1.807, 2.05) is 36.2 Å². The normalized spacial score (nSPS) is 21.0. The Morgan fingerprint density at radius 2 is 2.21 bits per heavy atom. The third kappa shape index (κ3) is 3.00. The van der Waals surface area contributed by atoms with Gasteiger partial charge in [-0.25, -0.2) is 0 Å². The third-order valence-corrected chi connectivity index (χ3v) is 5.09. The van der Waals surface area contributed by atoms with Crippen LogP contribution in [0.5, 0.6) is 5.75 Å². The van der Waals surface area contributed by atoms with E-state index in [0.717, 1.165) is 35.2 Å². The van der Waals surface area contributed by atoms with E-state index >= 15 is 0 Å². The summed E-state index contributed by atoms with van der Waals surface area (Å²) >= 11 is 0. The summed E-state index contributed by atoms with van der Waals surface area (Å²) < 4.78 is 5.74. The number of H-pyrrole nitrogens is 1. The average molecular weight is 329 g/mol. The second-order valence-electron chi connectivity index (χ2n) is 6.75. The number of nitrogens with zero attached hydrogens (tertiary/aromatic N) is 2. The van der Waals surface area contributed by atoms with Crippen molar-refractivity contribution in [1.82, 2.24) is 14.8 Å². The summed E-state index contributed by atoms with van der Waals surface area (Å²) in [6.45, 7) is 5.58. The fourth-order valence-electron chi connectivity index (χ4n) is 3.86. The van der Waals surface area contributed by atoms with Gasteiger partial charge in [0, 0.05) is 35.7 Å². The van der Waals surface area contributed by atoms with Crippen molar-refractivity contribution in [3.8, 4) is 5.75 Å². The monoisotopic (exact) mass is 329 g/mol. The zero-order chi connectivity index (χ0) is 17.3. The maximum Gasteiger partial charge on any atom is 0.227 e. The first-order chi connectivity index (χ1) is 11.5. The number of aromatic nitrogens is 1. The molecule has 1 fully saturated rings. The molecular weight excluding hydrogens is 302 g/mol. The highest BCUT2D eigenvalue weighted by Gasteiger charge is 2.34. The number of carbonyl (C=O) groups excluding carboxylic acids is 1. The lowest BCUT2D eigenvalue weighted by atomic mass is 10.1. The van der Waals surface area contributed by atoms with Gasteiger partial charge in [0.1, 0.15) is 5.75 Å². The van der Waals surface area contributed by atoms with Crippen LogP contribution in [-0.4, -0.2) is 60.0 Å². The maximum atomic E-state index is 12.9. The van der Waals surface area contributed by atoms with Crippen molar-refractivity contribution in [2.24, 2.45) is 0 Å². The van der Waals surface area contributed by atoms with Crippen molar-refractivity contribution < 1.29 is 9.53 Å². The third-order valence-electron chi connectivity index (χ3n) is 5.09. The first-order valence-electron chi connectivity index (χ1n) is 8.70. The minimum atomic E-state index is 0.194. The van der Waals surface area contributed by atoms with Gasteiger partial charge < -0.3 is 19.5 Å². The molecule has 1 aliphatic rings. The summed E-state index contributed by atoms with van der Waals surface area (Å²) in [4.78, 5) is 20.4. The Morgan fingerprint density at radius 1 is 1.42 bits per heavy atom. The fourth-order valence-corrected chi connectivity index (χ4v) is 3.86. The minimum absolute atomic E-state index is 0.194. The summed E-state index contributed by atoms with van der Waals surface area (Å²) in [7, 11) is 4.17. The van der Waals surface area contributed by atoms with Crippen molar-refractivity contribution in [3.63, 3.8) is 0 Å². The van der Waals surface area contributed by atoms with Crippen molar-refractivity contribution in [1.29, 1.82) is 0 Å². The van der Waals surface area contributed by atoms with Crippen LogP contribution in [-0.2, 0) is 11.2 Å². The number of likely N-dealkylation sites (N-methyl/N-ethyl adjacent to an activating group) is 1. The molecule has 5 nitrogen and oxygen atoms in total. The van der Waals surface area contributed by atoms with Gasteiger partial charge in [-0.15, -0.1) is 0 Å². The smallest absolute Gasteiger partial charge is 0.227 e. The Labute approximate surface area is 143 Å². The van der Waals surface area contributed by atoms with Crippen LogP contribution >= 0.6 is 0 Å². The van der Waals surface area contributed by atoms with Crippen LogP contribution in [0, 0.1) is 0 Å². The van der Waals surface area contributed by atoms with Crippen LogP contribution in [0.1, 0.15) is 25.8 Å². The van der Waals surface area contributed by atoms with Gasteiger partial charge in [0.25, 0.3) is 0 Å². The van der Waals surface area contributed by atoms with Gasteiger partial charge in [0.15, 0.2) is 0 Å². The Morgan fingerprint density at radius 3 is 2.88 bits per heavy atom. The molecule has 0 spiro atoms. The van der Waals surface area contributed by atoms with Crippen LogP contribution in [0.4, 0.5) is 0 Å². The summed E-state index contributed by atoms with van der Waals surface area (Å²) in [6.07, 6.45) is 3.39. The largest absolute Gasteiger partial charge is 0.493 e. The van der Waals surface area contributed by atoms with Crippen LogP contribution in [0.15, 0.2) is 24.4 Å². The molecule has 0 aliphatic carbocycles. The molecule has 2 aromatic rings. The lowest BCUT2D eigenvalue weighted by Crippen LogP contribution is -2.42. The minimum Gasteiger partial charge on any atom is -0.493 e. The van der Waals surface area contributed by atoms with E-state index in [-0.39, 0.29) is 11.9 Å². The molecule has 2 unspecified atom stereocenters.